The molecule has 0 saturated carbocycles. The number of imide groups is 1. The first-order valence-corrected chi connectivity index (χ1v) is 10.9. The lowest BCUT2D eigenvalue weighted by atomic mass is 10.2. The number of anilines is 1. The van der Waals surface area contributed by atoms with Gasteiger partial charge in [0.15, 0.2) is 0 Å². The SMILES string of the molecule is COC(=O)c1ccc(-n2c(C)cc(/C=C3/SC(=O)N(c4cccc(Cl)c4)C3=O)c2C)cc1. The third-order valence-electron chi connectivity index (χ3n) is 5.16. The number of thioether (sulfide) groups is 1. The third-order valence-corrected chi connectivity index (χ3v) is 6.27. The van der Waals surface area contributed by atoms with Gasteiger partial charge in [0.2, 0.25) is 0 Å². The molecule has 4 rings (SSSR count). The molecule has 2 amide bonds. The number of nitrogens with zero attached hydrogens (tertiary/aromatic N) is 2. The lowest BCUT2D eigenvalue weighted by molar-refractivity contribution is -0.113. The quantitative estimate of drug-likeness (QED) is 0.360. The summed E-state index contributed by atoms with van der Waals surface area (Å²) in [7, 11) is 1.34. The average molecular weight is 467 g/mol. The molecule has 0 unspecified atom stereocenters. The number of hydrogen-bond acceptors (Lipinski definition) is 5. The predicted molar refractivity (Wildman–Crippen MR) is 126 cm³/mol. The first kappa shape index (κ1) is 21.9. The van der Waals surface area contributed by atoms with Crippen molar-refractivity contribution in [2.45, 2.75) is 13.8 Å². The predicted octanol–water partition coefficient (Wildman–Crippen LogP) is 5.78. The van der Waals surface area contributed by atoms with E-state index in [0.29, 0.717) is 21.2 Å². The van der Waals surface area contributed by atoms with Crippen molar-refractivity contribution in [2.75, 3.05) is 12.0 Å². The van der Waals surface area contributed by atoms with Crippen LogP contribution in [0.25, 0.3) is 11.8 Å². The molecular formula is C24H19ClN2O4S. The molecular weight excluding hydrogens is 448 g/mol. The van der Waals surface area contributed by atoms with Gasteiger partial charge in [-0.05, 0) is 85.8 Å². The number of esters is 1. The molecule has 0 bridgehead atoms. The number of hydrogen-bond donors (Lipinski definition) is 0. The second-order valence-electron chi connectivity index (χ2n) is 7.20. The minimum Gasteiger partial charge on any atom is -0.465 e. The van der Waals surface area contributed by atoms with Gasteiger partial charge >= 0.3 is 5.97 Å². The summed E-state index contributed by atoms with van der Waals surface area (Å²) in [5.41, 5.74) is 4.47. The molecule has 8 heteroatoms. The number of ether oxygens (including phenoxy) is 1. The molecule has 162 valence electrons. The molecule has 6 nitrogen and oxygen atoms in total. The standard InChI is InChI=1S/C24H19ClN2O4S/c1-14-11-17(15(2)26(14)19-9-7-16(8-10-19)23(29)31-3)12-21-22(28)27(24(30)32-21)20-6-4-5-18(25)13-20/h4-13H,1-3H3/b21-12+. The highest BCUT2D eigenvalue weighted by molar-refractivity contribution is 8.19. The van der Waals surface area contributed by atoms with Crippen LogP contribution in [0.2, 0.25) is 5.02 Å². The number of halogens is 1. The molecule has 1 aromatic heterocycles. The van der Waals surface area contributed by atoms with E-state index in [1.54, 1.807) is 42.5 Å². The fraction of sp³-hybridized carbons (Fsp3) is 0.125. The van der Waals surface area contributed by atoms with Crippen LogP contribution in [0, 0.1) is 13.8 Å². The van der Waals surface area contributed by atoms with Gasteiger partial charge in [0.25, 0.3) is 11.1 Å². The van der Waals surface area contributed by atoms with Crippen molar-refractivity contribution in [2.24, 2.45) is 0 Å². The summed E-state index contributed by atoms with van der Waals surface area (Å²) in [4.78, 5) is 38.6. The van der Waals surface area contributed by atoms with Crippen LogP contribution < -0.4 is 4.90 Å². The Bertz CT molecular complexity index is 1280. The molecule has 1 fully saturated rings. The van der Waals surface area contributed by atoms with Crippen LogP contribution in [-0.2, 0) is 9.53 Å². The van der Waals surface area contributed by atoms with Crippen molar-refractivity contribution in [1.82, 2.24) is 4.57 Å². The fourth-order valence-corrected chi connectivity index (χ4v) is 4.66. The monoisotopic (exact) mass is 466 g/mol. The molecule has 0 radical (unpaired) electrons. The zero-order valence-corrected chi connectivity index (χ0v) is 19.2. The van der Waals surface area contributed by atoms with Crippen LogP contribution >= 0.6 is 23.4 Å². The van der Waals surface area contributed by atoms with Gasteiger partial charge in [0.05, 0.1) is 23.3 Å². The molecule has 2 aromatic carbocycles. The molecule has 0 aliphatic carbocycles. The molecule has 1 aliphatic rings. The van der Waals surface area contributed by atoms with Gasteiger partial charge in [-0.1, -0.05) is 17.7 Å². The Morgan fingerprint density at radius 2 is 1.75 bits per heavy atom. The lowest BCUT2D eigenvalue weighted by Gasteiger charge is -2.12. The van der Waals surface area contributed by atoms with Crippen molar-refractivity contribution in [1.29, 1.82) is 0 Å². The van der Waals surface area contributed by atoms with Crippen molar-refractivity contribution >= 4 is 52.2 Å². The topological polar surface area (TPSA) is 68.6 Å². The Balaban J connectivity index is 1.66. The van der Waals surface area contributed by atoms with Crippen LogP contribution in [0.4, 0.5) is 10.5 Å². The number of aryl methyl sites for hydroxylation is 1. The van der Waals surface area contributed by atoms with Gasteiger partial charge in [0.1, 0.15) is 0 Å². The maximum atomic E-state index is 13.0. The zero-order chi connectivity index (χ0) is 23.0. The summed E-state index contributed by atoms with van der Waals surface area (Å²) >= 11 is 6.92. The van der Waals surface area contributed by atoms with E-state index in [1.807, 2.05) is 36.6 Å². The smallest absolute Gasteiger partial charge is 0.337 e. The normalized spacial score (nSPS) is 15.0. The number of carbonyl (C=O) groups is 3. The second-order valence-corrected chi connectivity index (χ2v) is 8.63. The van der Waals surface area contributed by atoms with E-state index < -0.39 is 5.97 Å². The van der Waals surface area contributed by atoms with Gasteiger partial charge in [-0.2, -0.15) is 0 Å². The Kier molecular flexibility index (Phi) is 5.95. The van der Waals surface area contributed by atoms with Gasteiger partial charge in [-0.15, -0.1) is 0 Å². The first-order valence-electron chi connectivity index (χ1n) is 9.71. The van der Waals surface area contributed by atoms with E-state index in [1.165, 1.54) is 7.11 Å². The summed E-state index contributed by atoms with van der Waals surface area (Å²) < 4.78 is 6.77. The number of aromatic nitrogens is 1. The van der Waals surface area contributed by atoms with Gasteiger partial charge in [-0.3, -0.25) is 9.59 Å². The van der Waals surface area contributed by atoms with E-state index >= 15 is 0 Å². The number of rotatable bonds is 4. The van der Waals surface area contributed by atoms with Gasteiger partial charge in [0, 0.05) is 22.1 Å². The molecule has 32 heavy (non-hydrogen) atoms. The summed E-state index contributed by atoms with van der Waals surface area (Å²) in [6.45, 7) is 3.89. The zero-order valence-electron chi connectivity index (χ0n) is 17.6. The Morgan fingerprint density at radius 3 is 2.41 bits per heavy atom. The molecule has 3 aromatic rings. The highest BCUT2D eigenvalue weighted by Gasteiger charge is 2.36. The summed E-state index contributed by atoms with van der Waals surface area (Å²) in [6, 6.07) is 15.7. The van der Waals surface area contributed by atoms with Crippen molar-refractivity contribution < 1.29 is 19.1 Å². The van der Waals surface area contributed by atoms with Crippen LogP contribution in [0.5, 0.6) is 0 Å². The van der Waals surface area contributed by atoms with Crippen molar-refractivity contribution in [3.05, 3.63) is 87.0 Å². The Labute approximate surface area is 194 Å². The van der Waals surface area contributed by atoms with Crippen molar-refractivity contribution in [3.63, 3.8) is 0 Å². The van der Waals surface area contributed by atoms with Gasteiger partial charge in [-0.25, -0.2) is 9.69 Å². The fourth-order valence-electron chi connectivity index (χ4n) is 3.64. The van der Waals surface area contributed by atoms with E-state index in [2.05, 4.69) is 0 Å². The van der Waals surface area contributed by atoms with E-state index in [9.17, 15) is 14.4 Å². The molecule has 0 atom stereocenters. The number of benzene rings is 2. The number of carbonyl (C=O) groups excluding carboxylic acids is 3. The minimum absolute atomic E-state index is 0.344. The van der Waals surface area contributed by atoms with E-state index in [-0.39, 0.29) is 11.1 Å². The number of methoxy groups -OCH3 is 1. The molecule has 1 aliphatic heterocycles. The van der Waals surface area contributed by atoms with Crippen molar-refractivity contribution in [3.8, 4) is 5.69 Å². The molecule has 0 spiro atoms. The number of amides is 2. The maximum Gasteiger partial charge on any atom is 0.337 e. The van der Waals surface area contributed by atoms with Crippen LogP contribution in [0.1, 0.15) is 27.3 Å². The molecule has 0 N–H and O–H groups in total. The Morgan fingerprint density at radius 1 is 1.03 bits per heavy atom. The second kappa shape index (κ2) is 8.68. The summed E-state index contributed by atoms with van der Waals surface area (Å²) in [5, 5.41) is 0.0861. The highest BCUT2D eigenvalue weighted by Crippen LogP contribution is 2.37. The van der Waals surface area contributed by atoms with Crippen LogP contribution in [0.3, 0.4) is 0 Å². The Hall–Kier alpha value is -3.29. The largest absolute Gasteiger partial charge is 0.465 e. The maximum absolute atomic E-state index is 13.0. The lowest BCUT2D eigenvalue weighted by Crippen LogP contribution is -2.27. The van der Waals surface area contributed by atoms with E-state index in [4.69, 9.17) is 16.3 Å². The minimum atomic E-state index is -0.395. The highest BCUT2D eigenvalue weighted by atomic mass is 35.5. The first-order chi connectivity index (χ1) is 15.3. The summed E-state index contributed by atoms with van der Waals surface area (Å²) in [6.07, 6.45) is 1.73. The third kappa shape index (κ3) is 3.97. The van der Waals surface area contributed by atoms with E-state index in [0.717, 1.165) is 39.3 Å². The van der Waals surface area contributed by atoms with Gasteiger partial charge < -0.3 is 9.30 Å². The van der Waals surface area contributed by atoms with Crippen LogP contribution in [0.15, 0.2) is 59.5 Å². The molecule has 2 heterocycles. The van der Waals surface area contributed by atoms with Crippen LogP contribution in [-0.4, -0.2) is 28.8 Å². The molecule has 1 saturated heterocycles. The summed E-state index contributed by atoms with van der Waals surface area (Å²) in [5.74, 6) is -0.775. The average Bonchev–Trinajstić information content (AvgIpc) is 3.21.